The molecule has 1 atom stereocenters. The summed E-state index contributed by atoms with van der Waals surface area (Å²) in [7, 11) is 1.53. The van der Waals surface area contributed by atoms with Crippen molar-refractivity contribution in [1.82, 2.24) is 19.7 Å². The number of hydrogen-bond donors (Lipinski definition) is 1. The zero-order chi connectivity index (χ0) is 13.0. The monoisotopic (exact) mass is 248 g/mol. The molecule has 0 saturated carbocycles. The topological polar surface area (TPSA) is 73.1 Å². The van der Waals surface area contributed by atoms with Gasteiger partial charge in [-0.1, -0.05) is 6.92 Å². The van der Waals surface area contributed by atoms with Gasteiger partial charge in [0.25, 0.3) is 0 Å². The Labute approximate surface area is 105 Å². The molecule has 6 nitrogen and oxygen atoms in total. The third-order valence-corrected chi connectivity index (χ3v) is 2.62. The molecule has 0 aliphatic heterocycles. The summed E-state index contributed by atoms with van der Waals surface area (Å²) in [6.07, 6.45) is 3.18. The third kappa shape index (κ3) is 2.48. The summed E-state index contributed by atoms with van der Waals surface area (Å²) in [4.78, 5) is 7.98. The van der Waals surface area contributed by atoms with Crippen LogP contribution in [0.2, 0.25) is 0 Å². The number of aliphatic hydroxyl groups excluding tert-OH is 1. The van der Waals surface area contributed by atoms with Crippen molar-refractivity contribution >= 4 is 0 Å². The van der Waals surface area contributed by atoms with E-state index in [1.54, 1.807) is 23.0 Å². The van der Waals surface area contributed by atoms with Crippen molar-refractivity contribution in [2.45, 2.75) is 26.0 Å². The molecule has 0 aliphatic carbocycles. The molecule has 0 fully saturated rings. The van der Waals surface area contributed by atoms with Gasteiger partial charge in [-0.15, -0.1) is 0 Å². The number of aromatic nitrogens is 4. The molecule has 1 N–H and O–H groups in total. The standard InChI is InChI=1S/C12H16N4O2/c1-3-6-16-10(4-5-15-16)12(17)9-7-11(18-2)14-8-13-9/h4-5,7-8,12,17H,3,6H2,1-2H3. The first-order valence-electron chi connectivity index (χ1n) is 5.82. The summed E-state index contributed by atoms with van der Waals surface area (Å²) in [5.41, 5.74) is 1.22. The summed E-state index contributed by atoms with van der Waals surface area (Å²) in [5, 5.41) is 14.5. The molecule has 96 valence electrons. The smallest absolute Gasteiger partial charge is 0.216 e. The fraction of sp³-hybridized carbons (Fsp3) is 0.417. The van der Waals surface area contributed by atoms with Gasteiger partial charge in [-0.3, -0.25) is 4.68 Å². The van der Waals surface area contributed by atoms with Gasteiger partial charge in [0.15, 0.2) is 0 Å². The highest BCUT2D eigenvalue weighted by Crippen LogP contribution is 2.21. The second-order valence-corrected chi connectivity index (χ2v) is 3.87. The lowest BCUT2D eigenvalue weighted by Crippen LogP contribution is -2.11. The highest BCUT2D eigenvalue weighted by molar-refractivity contribution is 5.22. The first-order chi connectivity index (χ1) is 8.76. The van der Waals surface area contributed by atoms with Crippen molar-refractivity contribution in [2.24, 2.45) is 0 Å². The fourth-order valence-corrected chi connectivity index (χ4v) is 1.74. The minimum absolute atomic E-state index is 0.431. The molecule has 2 aromatic rings. The Bertz CT molecular complexity index is 512. The Kier molecular flexibility index (Phi) is 3.88. The number of ether oxygens (including phenoxy) is 1. The van der Waals surface area contributed by atoms with Crippen LogP contribution in [0.3, 0.4) is 0 Å². The summed E-state index contributed by atoms with van der Waals surface area (Å²) in [5.74, 6) is 0.431. The van der Waals surface area contributed by atoms with E-state index in [0.717, 1.165) is 18.7 Å². The lowest BCUT2D eigenvalue weighted by Gasteiger charge is -2.12. The van der Waals surface area contributed by atoms with E-state index in [9.17, 15) is 5.11 Å². The lowest BCUT2D eigenvalue weighted by molar-refractivity contribution is 0.201. The van der Waals surface area contributed by atoms with Crippen molar-refractivity contribution in [2.75, 3.05) is 7.11 Å². The molecule has 0 spiro atoms. The Morgan fingerprint density at radius 2 is 2.28 bits per heavy atom. The predicted octanol–water partition coefficient (Wildman–Crippen LogP) is 1.17. The van der Waals surface area contributed by atoms with Crippen molar-refractivity contribution in [3.63, 3.8) is 0 Å². The molecule has 0 bridgehead atoms. The van der Waals surface area contributed by atoms with E-state index in [4.69, 9.17) is 4.74 Å². The lowest BCUT2D eigenvalue weighted by atomic mass is 10.2. The zero-order valence-corrected chi connectivity index (χ0v) is 10.4. The summed E-state index contributed by atoms with van der Waals surface area (Å²) in [6, 6.07) is 3.41. The molecule has 18 heavy (non-hydrogen) atoms. The maximum absolute atomic E-state index is 10.3. The van der Waals surface area contributed by atoms with E-state index < -0.39 is 6.10 Å². The molecular weight excluding hydrogens is 232 g/mol. The molecule has 0 saturated heterocycles. The number of nitrogens with zero attached hydrogens (tertiary/aromatic N) is 4. The van der Waals surface area contributed by atoms with Crippen LogP contribution < -0.4 is 4.74 Å². The number of hydrogen-bond acceptors (Lipinski definition) is 5. The van der Waals surface area contributed by atoms with Crippen molar-refractivity contribution in [3.8, 4) is 5.88 Å². The first-order valence-corrected chi connectivity index (χ1v) is 5.82. The van der Waals surface area contributed by atoms with Gasteiger partial charge in [-0.05, 0) is 12.5 Å². The van der Waals surface area contributed by atoms with Crippen LogP contribution in [0, 0.1) is 0 Å². The summed E-state index contributed by atoms with van der Waals surface area (Å²) >= 11 is 0. The van der Waals surface area contributed by atoms with E-state index in [1.807, 2.05) is 0 Å². The quantitative estimate of drug-likeness (QED) is 0.860. The number of aryl methyl sites for hydroxylation is 1. The molecule has 0 radical (unpaired) electrons. The van der Waals surface area contributed by atoms with Crippen LogP contribution in [0.25, 0.3) is 0 Å². The maximum Gasteiger partial charge on any atom is 0.216 e. The van der Waals surface area contributed by atoms with Crippen LogP contribution >= 0.6 is 0 Å². The molecule has 2 heterocycles. The van der Waals surface area contributed by atoms with Gasteiger partial charge in [0.2, 0.25) is 5.88 Å². The maximum atomic E-state index is 10.3. The fourth-order valence-electron chi connectivity index (χ4n) is 1.74. The molecule has 0 aliphatic rings. The molecule has 6 heteroatoms. The molecule has 1 unspecified atom stereocenters. The van der Waals surface area contributed by atoms with E-state index in [-0.39, 0.29) is 0 Å². The Morgan fingerprint density at radius 3 is 3.00 bits per heavy atom. The van der Waals surface area contributed by atoms with Gasteiger partial charge >= 0.3 is 0 Å². The van der Waals surface area contributed by atoms with E-state index in [2.05, 4.69) is 22.0 Å². The van der Waals surface area contributed by atoms with Crippen LogP contribution in [-0.2, 0) is 6.54 Å². The van der Waals surface area contributed by atoms with E-state index in [0.29, 0.717) is 11.6 Å². The van der Waals surface area contributed by atoms with Gasteiger partial charge < -0.3 is 9.84 Å². The number of aliphatic hydroxyl groups is 1. The zero-order valence-electron chi connectivity index (χ0n) is 10.4. The van der Waals surface area contributed by atoms with Gasteiger partial charge in [-0.25, -0.2) is 9.97 Å². The third-order valence-electron chi connectivity index (χ3n) is 2.62. The van der Waals surface area contributed by atoms with Crippen LogP contribution in [0.1, 0.15) is 30.8 Å². The van der Waals surface area contributed by atoms with Crippen molar-refractivity contribution in [1.29, 1.82) is 0 Å². The Morgan fingerprint density at radius 1 is 1.44 bits per heavy atom. The average Bonchev–Trinajstić information content (AvgIpc) is 2.86. The second-order valence-electron chi connectivity index (χ2n) is 3.87. The number of rotatable bonds is 5. The Hall–Kier alpha value is -1.95. The Balaban J connectivity index is 2.29. The van der Waals surface area contributed by atoms with Crippen molar-refractivity contribution in [3.05, 3.63) is 36.0 Å². The summed E-state index contributed by atoms with van der Waals surface area (Å²) in [6.45, 7) is 2.83. The van der Waals surface area contributed by atoms with E-state index >= 15 is 0 Å². The molecule has 2 aromatic heterocycles. The second kappa shape index (κ2) is 5.59. The van der Waals surface area contributed by atoms with Gasteiger partial charge in [0, 0.05) is 18.8 Å². The average molecular weight is 248 g/mol. The van der Waals surface area contributed by atoms with Gasteiger partial charge in [0.05, 0.1) is 18.5 Å². The highest BCUT2D eigenvalue weighted by atomic mass is 16.5. The van der Waals surface area contributed by atoms with Gasteiger partial charge in [0.1, 0.15) is 12.4 Å². The first kappa shape index (κ1) is 12.5. The van der Waals surface area contributed by atoms with Gasteiger partial charge in [-0.2, -0.15) is 5.10 Å². The molecular formula is C12H16N4O2. The van der Waals surface area contributed by atoms with E-state index in [1.165, 1.54) is 13.4 Å². The molecule has 0 amide bonds. The van der Waals surface area contributed by atoms with Crippen molar-refractivity contribution < 1.29 is 9.84 Å². The van der Waals surface area contributed by atoms with Crippen LogP contribution in [0.4, 0.5) is 0 Å². The minimum Gasteiger partial charge on any atom is -0.481 e. The molecule has 2 rings (SSSR count). The van der Waals surface area contributed by atoms with Crippen LogP contribution in [-0.4, -0.2) is 32.0 Å². The highest BCUT2D eigenvalue weighted by Gasteiger charge is 2.17. The largest absolute Gasteiger partial charge is 0.481 e. The normalized spacial score (nSPS) is 12.4. The minimum atomic E-state index is -0.823. The van der Waals surface area contributed by atoms with Crippen LogP contribution in [0.15, 0.2) is 24.7 Å². The van der Waals surface area contributed by atoms with Crippen LogP contribution in [0.5, 0.6) is 5.88 Å². The summed E-state index contributed by atoms with van der Waals surface area (Å²) < 4.78 is 6.79. The number of methoxy groups -OCH3 is 1. The molecule has 0 aromatic carbocycles. The predicted molar refractivity (Wildman–Crippen MR) is 65.2 cm³/mol. The SMILES string of the molecule is CCCn1nccc1C(O)c1cc(OC)ncn1.